The third-order valence-electron chi connectivity index (χ3n) is 8.28. The molecule has 0 saturated heterocycles. The van der Waals surface area contributed by atoms with Crippen molar-refractivity contribution in [2.45, 2.75) is 106 Å². The van der Waals surface area contributed by atoms with Crippen molar-refractivity contribution < 1.29 is 19.7 Å². The van der Waals surface area contributed by atoms with Gasteiger partial charge in [-0.25, -0.2) is 0 Å². The summed E-state index contributed by atoms with van der Waals surface area (Å²) in [6.45, 7) is 20.7. The normalized spacial score (nSPS) is 13.1. The molecule has 4 heteroatoms. The van der Waals surface area contributed by atoms with E-state index in [9.17, 15) is 10.2 Å². The van der Waals surface area contributed by atoms with Crippen LogP contribution in [-0.4, -0.2) is 34.6 Å². The van der Waals surface area contributed by atoms with Gasteiger partial charge in [0.25, 0.3) is 0 Å². The minimum absolute atomic E-state index is 0.0528. The minimum atomic E-state index is -0.357. The lowest BCUT2D eigenvalue weighted by Gasteiger charge is -2.31. The second-order valence-electron chi connectivity index (χ2n) is 13.0. The number of phenolic OH excluding ortho intramolecular Hbond substituents is 2. The first-order chi connectivity index (χ1) is 20.8. The Bertz CT molecular complexity index is 1450. The Morgan fingerprint density at radius 2 is 0.841 bits per heavy atom. The van der Waals surface area contributed by atoms with E-state index in [4.69, 9.17) is 9.47 Å². The first-order valence-corrected chi connectivity index (χ1v) is 15.9. The zero-order valence-electron chi connectivity index (χ0n) is 28.2. The monoisotopic (exact) mass is 594 g/mol. The van der Waals surface area contributed by atoms with Gasteiger partial charge in [-0.15, -0.1) is 0 Å². The molecule has 0 aliphatic heterocycles. The molecule has 0 fully saturated rings. The fourth-order valence-corrected chi connectivity index (χ4v) is 6.79. The molecule has 0 bridgehead atoms. The zero-order chi connectivity index (χ0) is 32.3. The van der Waals surface area contributed by atoms with Gasteiger partial charge in [-0.05, 0) is 114 Å². The average molecular weight is 595 g/mol. The molecule has 4 aromatic rings. The van der Waals surface area contributed by atoms with Crippen LogP contribution in [0.25, 0.3) is 22.3 Å². The molecule has 0 aromatic heterocycles. The van der Waals surface area contributed by atoms with E-state index < -0.39 is 0 Å². The number of phenols is 2. The Balaban J connectivity index is 1.74. The first kappa shape index (κ1) is 33.3. The standard InChI is InChI=1S/C40H50O4/c1-23(2)43-35(21-31-13-11-15-33(39(31)41)37-27(7)17-25(5)18-28(37)8)36(44-24(3)4)22-32-14-12-16-34(40(32)42)38-29(9)19-26(6)20-30(38)10/h11-20,23-24,35-36,41-42H,21-22H2,1-10H3/t35-,36-/m1/s1. The number of ether oxygens (including phenoxy) is 2. The summed E-state index contributed by atoms with van der Waals surface area (Å²) >= 11 is 0. The van der Waals surface area contributed by atoms with E-state index in [2.05, 4.69) is 65.8 Å². The van der Waals surface area contributed by atoms with E-state index in [0.29, 0.717) is 12.8 Å². The van der Waals surface area contributed by atoms with Crippen molar-refractivity contribution in [2.24, 2.45) is 0 Å². The molecule has 4 nitrogen and oxygen atoms in total. The lowest BCUT2D eigenvalue weighted by Crippen LogP contribution is -2.38. The number of hydrogen-bond donors (Lipinski definition) is 2. The molecule has 4 rings (SSSR count). The lowest BCUT2D eigenvalue weighted by atomic mass is 9.89. The van der Waals surface area contributed by atoms with Crippen LogP contribution in [0.1, 0.15) is 72.2 Å². The van der Waals surface area contributed by atoms with Gasteiger partial charge in [-0.1, -0.05) is 71.8 Å². The smallest absolute Gasteiger partial charge is 0.126 e. The van der Waals surface area contributed by atoms with Crippen molar-refractivity contribution in [3.05, 3.63) is 105 Å². The Morgan fingerprint density at radius 1 is 0.523 bits per heavy atom. The van der Waals surface area contributed by atoms with Gasteiger partial charge >= 0.3 is 0 Å². The first-order valence-electron chi connectivity index (χ1n) is 15.9. The maximum atomic E-state index is 11.6. The number of benzene rings is 4. The molecule has 0 spiro atoms. The van der Waals surface area contributed by atoms with Crippen molar-refractivity contribution in [1.29, 1.82) is 0 Å². The molecule has 0 saturated carbocycles. The van der Waals surface area contributed by atoms with Crippen molar-refractivity contribution >= 4 is 0 Å². The fourth-order valence-electron chi connectivity index (χ4n) is 6.79. The van der Waals surface area contributed by atoms with Crippen molar-refractivity contribution in [2.75, 3.05) is 0 Å². The maximum Gasteiger partial charge on any atom is 0.126 e. The number of aromatic hydroxyl groups is 2. The van der Waals surface area contributed by atoms with Crippen LogP contribution < -0.4 is 0 Å². The van der Waals surface area contributed by atoms with E-state index >= 15 is 0 Å². The second-order valence-corrected chi connectivity index (χ2v) is 13.0. The van der Waals surface area contributed by atoms with Crippen LogP contribution in [0.15, 0.2) is 60.7 Å². The third-order valence-corrected chi connectivity index (χ3v) is 8.28. The van der Waals surface area contributed by atoms with Gasteiger partial charge in [0.1, 0.15) is 11.5 Å². The quantitative estimate of drug-likeness (QED) is 0.182. The molecule has 4 aromatic carbocycles. The highest BCUT2D eigenvalue weighted by Gasteiger charge is 2.29. The fraction of sp³-hybridized carbons (Fsp3) is 0.400. The number of aryl methyl sites for hydroxylation is 6. The molecule has 0 unspecified atom stereocenters. The average Bonchev–Trinajstić information content (AvgIpc) is 2.90. The largest absolute Gasteiger partial charge is 0.507 e. The summed E-state index contributed by atoms with van der Waals surface area (Å²) in [6, 6.07) is 20.6. The molecule has 2 N–H and O–H groups in total. The van der Waals surface area contributed by atoms with Gasteiger partial charge in [0.05, 0.1) is 24.4 Å². The molecular weight excluding hydrogens is 544 g/mol. The van der Waals surface area contributed by atoms with Gasteiger partial charge < -0.3 is 19.7 Å². The zero-order valence-corrected chi connectivity index (χ0v) is 28.2. The Kier molecular flexibility index (Phi) is 10.6. The lowest BCUT2D eigenvalue weighted by molar-refractivity contribution is -0.109. The van der Waals surface area contributed by atoms with Crippen LogP contribution in [0.2, 0.25) is 0 Å². The summed E-state index contributed by atoms with van der Waals surface area (Å²) in [5.41, 5.74) is 12.4. The van der Waals surface area contributed by atoms with E-state index in [1.165, 1.54) is 11.1 Å². The van der Waals surface area contributed by atoms with Gasteiger partial charge in [-0.2, -0.15) is 0 Å². The Morgan fingerprint density at radius 3 is 1.14 bits per heavy atom. The molecule has 2 atom stereocenters. The highest BCUT2D eigenvalue weighted by molar-refractivity contribution is 5.78. The molecule has 0 amide bonds. The van der Waals surface area contributed by atoms with E-state index in [0.717, 1.165) is 55.6 Å². The van der Waals surface area contributed by atoms with E-state index in [-0.39, 0.29) is 35.9 Å². The number of rotatable bonds is 11. The molecule has 0 radical (unpaired) electrons. The van der Waals surface area contributed by atoms with Crippen molar-refractivity contribution in [1.82, 2.24) is 0 Å². The maximum absolute atomic E-state index is 11.6. The number of para-hydroxylation sites is 2. The van der Waals surface area contributed by atoms with Crippen LogP contribution in [0.4, 0.5) is 0 Å². The van der Waals surface area contributed by atoms with Crippen LogP contribution in [0, 0.1) is 41.5 Å². The summed E-state index contributed by atoms with van der Waals surface area (Å²) < 4.78 is 13.1. The highest BCUT2D eigenvalue weighted by atomic mass is 16.5. The van der Waals surface area contributed by atoms with E-state index in [1.807, 2.05) is 64.1 Å². The van der Waals surface area contributed by atoms with Crippen molar-refractivity contribution in [3.8, 4) is 33.8 Å². The van der Waals surface area contributed by atoms with Gasteiger partial charge in [0.2, 0.25) is 0 Å². The SMILES string of the molecule is Cc1cc(C)c(-c2cccc(C[C@@H](OC(C)C)[C@@H](Cc3cccc(-c4c(C)cc(C)cc4C)c3O)OC(C)C)c2O)c(C)c1. The Hall–Kier alpha value is -3.60. The predicted octanol–water partition coefficient (Wildman–Crippen LogP) is 9.65. The third kappa shape index (κ3) is 7.54. The summed E-state index contributed by atoms with van der Waals surface area (Å²) in [6.07, 6.45) is 0.117. The van der Waals surface area contributed by atoms with Gasteiger partial charge in [0, 0.05) is 24.0 Å². The molecule has 234 valence electrons. The molecule has 0 aliphatic carbocycles. The van der Waals surface area contributed by atoms with Gasteiger partial charge in [-0.3, -0.25) is 0 Å². The van der Waals surface area contributed by atoms with Crippen LogP contribution >= 0.6 is 0 Å². The van der Waals surface area contributed by atoms with Crippen molar-refractivity contribution in [3.63, 3.8) is 0 Å². The highest BCUT2D eigenvalue weighted by Crippen LogP contribution is 2.40. The second kappa shape index (κ2) is 14.0. The van der Waals surface area contributed by atoms with Crippen LogP contribution in [0.5, 0.6) is 11.5 Å². The van der Waals surface area contributed by atoms with E-state index in [1.54, 1.807) is 0 Å². The Labute approximate surface area is 264 Å². The number of hydrogen-bond acceptors (Lipinski definition) is 4. The summed E-state index contributed by atoms with van der Waals surface area (Å²) in [4.78, 5) is 0. The molecule has 0 aliphatic rings. The van der Waals surface area contributed by atoms with Crippen LogP contribution in [0.3, 0.4) is 0 Å². The molecular formula is C40H50O4. The summed E-state index contributed by atoms with van der Waals surface area (Å²) in [5.74, 6) is 0.553. The summed E-state index contributed by atoms with van der Waals surface area (Å²) in [7, 11) is 0. The molecule has 0 heterocycles. The summed E-state index contributed by atoms with van der Waals surface area (Å²) in [5, 5.41) is 23.3. The molecule has 44 heavy (non-hydrogen) atoms. The topological polar surface area (TPSA) is 58.9 Å². The van der Waals surface area contributed by atoms with Crippen LogP contribution in [-0.2, 0) is 22.3 Å². The van der Waals surface area contributed by atoms with Gasteiger partial charge in [0.15, 0.2) is 0 Å². The minimum Gasteiger partial charge on any atom is -0.507 e. The predicted molar refractivity (Wildman–Crippen MR) is 183 cm³/mol.